The second-order valence-corrected chi connectivity index (χ2v) is 17.4. The molecule has 0 amide bonds. The molecule has 21 nitrogen and oxygen atoms in total. The number of hydrogen-bond acceptors (Lipinski definition) is 20. The smallest absolute Gasteiger partial charge is 0.295 e. The minimum atomic E-state index is -4.86. The summed E-state index contributed by atoms with van der Waals surface area (Å²) >= 11 is 0.794. The lowest BCUT2D eigenvalue weighted by Crippen LogP contribution is -2.25. The standard InChI is InChI=1S/C41H46N12O9S3/c1-6-52(7-2)40-48-36(42-29-16-10-26(5)11-17-29)46-38(50-40)44-31-18-14-27(34(24-31)64(55,56)57)12-13-28-15-19-32(25-35(28)65(58,59)60)45-39-47-37(49-41(51-39)53(8-3)9-4)43-30-20-22-33(23-21-30)63-62-61-54/h10-25,54H,6-9H2,1-5H3,(H,55,56,57)(H,58,59,60)(H2,42,44,46,48,50)(H2,43,45,47,49,51)/b13-12+. The van der Waals surface area contributed by atoms with E-state index in [2.05, 4.69) is 60.5 Å². The molecule has 0 saturated heterocycles. The highest BCUT2D eigenvalue weighted by molar-refractivity contribution is 7.94. The van der Waals surface area contributed by atoms with E-state index >= 15 is 0 Å². The molecule has 0 unspecified atom stereocenters. The normalized spacial score (nSPS) is 11.7. The molecule has 6 aromatic rings. The van der Waals surface area contributed by atoms with Crippen LogP contribution in [-0.2, 0) is 29.6 Å². The van der Waals surface area contributed by atoms with Crippen molar-refractivity contribution in [3.05, 3.63) is 102 Å². The summed E-state index contributed by atoms with van der Waals surface area (Å²) in [4.78, 5) is 30.5. The third-order valence-corrected chi connectivity index (χ3v) is 11.9. The fourth-order valence-electron chi connectivity index (χ4n) is 6.18. The van der Waals surface area contributed by atoms with Gasteiger partial charge in [-0.2, -0.15) is 46.7 Å². The molecular weight excluding hydrogens is 901 g/mol. The van der Waals surface area contributed by atoms with E-state index in [4.69, 9.17) is 5.26 Å². The van der Waals surface area contributed by atoms with Gasteiger partial charge in [-0.1, -0.05) is 47.0 Å². The molecule has 0 fully saturated rings. The van der Waals surface area contributed by atoms with Gasteiger partial charge in [0.25, 0.3) is 20.2 Å². The summed E-state index contributed by atoms with van der Waals surface area (Å²) in [6.45, 7) is 12.1. The zero-order valence-corrected chi connectivity index (χ0v) is 38.1. The molecule has 0 aliphatic carbocycles. The van der Waals surface area contributed by atoms with Crippen molar-refractivity contribution in [3.63, 3.8) is 0 Å². The Morgan fingerprint density at radius 1 is 0.554 bits per heavy atom. The van der Waals surface area contributed by atoms with Crippen LogP contribution in [0.5, 0.6) is 0 Å². The van der Waals surface area contributed by atoms with E-state index in [0.717, 1.165) is 29.4 Å². The van der Waals surface area contributed by atoms with E-state index in [9.17, 15) is 25.9 Å². The van der Waals surface area contributed by atoms with Gasteiger partial charge in [-0.15, -0.1) is 4.33 Å². The van der Waals surface area contributed by atoms with Gasteiger partial charge in [0.15, 0.2) is 0 Å². The molecule has 0 aliphatic heterocycles. The predicted molar refractivity (Wildman–Crippen MR) is 250 cm³/mol. The Morgan fingerprint density at radius 2 is 0.908 bits per heavy atom. The lowest BCUT2D eigenvalue weighted by atomic mass is 10.1. The Bertz CT molecular complexity index is 2850. The summed E-state index contributed by atoms with van der Waals surface area (Å²) in [6, 6.07) is 22.6. The average molecular weight is 947 g/mol. The van der Waals surface area contributed by atoms with Crippen molar-refractivity contribution in [2.75, 3.05) is 57.2 Å². The molecule has 24 heteroatoms. The van der Waals surface area contributed by atoms with Crippen molar-refractivity contribution >= 4 is 103 Å². The highest BCUT2D eigenvalue weighted by Gasteiger charge is 2.20. The molecule has 2 heterocycles. The highest BCUT2D eigenvalue weighted by Crippen LogP contribution is 2.30. The number of aryl methyl sites for hydroxylation is 1. The van der Waals surface area contributed by atoms with Crippen LogP contribution in [0.3, 0.4) is 0 Å². The van der Waals surface area contributed by atoms with Crippen LogP contribution in [-0.4, -0.2) is 87.3 Å². The monoisotopic (exact) mass is 946 g/mol. The highest BCUT2D eigenvalue weighted by atomic mass is 32.2. The number of rotatable bonds is 21. The van der Waals surface area contributed by atoms with Gasteiger partial charge in [0.05, 0.1) is 12.0 Å². The quantitative estimate of drug-likeness (QED) is 0.0118. The maximum atomic E-state index is 12.8. The number of anilines is 10. The molecule has 0 atom stereocenters. The summed E-state index contributed by atoms with van der Waals surface area (Å²) in [5.41, 5.74) is 2.79. The molecular formula is C41H46N12O9S3. The van der Waals surface area contributed by atoms with Gasteiger partial charge in [-0.05, 0) is 106 Å². The van der Waals surface area contributed by atoms with E-state index in [-0.39, 0.29) is 46.3 Å². The Morgan fingerprint density at radius 3 is 1.26 bits per heavy atom. The zero-order chi connectivity index (χ0) is 46.7. The van der Waals surface area contributed by atoms with Crippen LogP contribution < -0.4 is 31.1 Å². The van der Waals surface area contributed by atoms with Crippen LogP contribution in [0, 0.1) is 6.92 Å². The van der Waals surface area contributed by atoms with Gasteiger partial charge in [0.2, 0.25) is 35.7 Å². The van der Waals surface area contributed by atoms with Crippen LogP contribution in [0.1, 0.15) is 44.4 Å². The van der Waals surface area contributed by atoms with Gasteiger partial charge in [0, 0.05) is 53.8 Å². The molecule has 342 valence electrons. The first-order valence-corrected chi connectivity index (χ1v) is 23.5. The first kappa shape index (κ1) is 48.0. The van der Waals surface area contributed by atoms with E-state index in [1.54, 1.807) is 24.3 Å². The van der Waals surface area contributed by atoms with Crippen molar-refractivity contribution in [2.24, 2.45) is 0 Å². The first-order valence-electron chi connectivity index (χ1n) is 19.9. The van der Waals surface area contributed by atoms with E-state index in [1.807, 2.05) is 68.7 Å². The topological polar surface area (TPSA) is 279 Å². The zero-order valence-electron chi connectivity index (χ0n) is 35.7. The SMILES string of the molecule is CCN(CC)c1nc(Nc2ccc(C)cc2)nc(Nc2ccc(/C=C/c3ccc(Nc4nc(Nc5ccc(SOOO)cc5)nc(N(CC)CC)n4)cc3S(=O)(=O)O)c(S(=O)(=O)O)c2)n1. The Hall–Kier alpha value is -6.51. The van der Waals surface area contributed by atoms with Gasteiger partial charge in [-0.3, -0.25) is 9.11 Å². The summed E-state index contributed by atoms with van der Waals surface area (Å²) in [6.07, 6.45) is 2.57. The van der Waals surface area contributed by atoms with Crippen LogP contribution >= 0.6 is 12.0 Å². The minimum absolute atomic E-state index is 0.00204. The Kier molecular flexibility index (Phi) is 15.8. The number of benzene rings is 4. The third-order valence-electron chi connectivity index (χ3n) is 9.46. The summed E-state index contributed by atoms with van der Waals surface area (Å²) in [7, 11) is -9.71. The molecule has 0 radical (unpaired) electrons. The van der Waals surface area contributed by atoms with Gasteiger partial charge in [-0.25, -0.2) is 5.26 Å². The Labute approximate surface area is 380 Å². The molecule has 4 aromatic carbocycles. The predicted octanol–water partition coefficient (Wildman–Crippen LogP) is 8.12. The molecule has 7 N–H and O–H groups in total. The molecule has 6 rings (SSSR count). The molecule has 0 spiro atoms. The number of nitrogens with zero attached hydrogens (tertiary/aromatic N) is 8. The molecule has 0 saturated carbocycles. The number of hydrogen-bond donors (Lipinski definition) is 7. The molecule has 2 aromatic heterocycles. The largest absolute Gasteiger partial charge is 0.341 e. The van der Waals surface area contributed by atoms with Gasteiger partial charge in [0.1, 0.15) is 9.79 Å². The van der Waals surface area contributed by atoms with Crippen molar-refractivity contribution < 1.29 is 40.6 Å². The second-order valence-electron chi connectivity index (χ2n) is 13.8. The number of nitrogens with one attached hydrogen (secondary N) is 4. The maximum absolute atomic E-state index is 12.8. The lowest BCUT2D eigenvalue weighted by Gasteiger charge is -2.20. The van der Waals surface area contributed by atoms with Crippen LogP contribution in [0.25, 0.3) is 12.2 Å². The minimum Gasteiger partial charge on any atom is -0.341 e. The fraction of sp³-hybridized carbons (Fsp3) is 0.220. The van der Waals surface area contributed by atoms with Gasteiger partial charge >= 0.3 is 0 Å². The van der Waals surface area contributed by atoms with Crippen molar-refractivity contribution in [2.45, 2.75) is 49.3 Å². The fourth-order valence-corrected chi connectivity index (χ4v) is 7.95. The van der Waals surface area contributed by atoms with Crippen molar-refractivity contribution in [1.82, 2.24) is 29.9 Å². The van der Waals surface area contributed by atoms with Crippen LogP contribution in [0.4, 0.5) is 58.4 Å². The first-order chi connectivity index (χ1) is 31.1. The van der Waals surface area contributed by atoms with E-state index < -0.39 is 30.0 Å². The van der Waals surface area contributed by atoms with Crippen molar-refractivity contribution in [1.29, 1.82) is 0 Å². The van der Waals surface area contributed by atoms with Gasteiger partial charge < -0.3 is 31.1 Å². The maximum Gasteiger partial charge on any atom is 0.295 e. The second kappa shape index (κ2) is 21.4. The summed E-state index contributed by atoms with van der Waals surface area (Å²) < 4.78 is 76.1. The summed E-state index contributed by atoms with van der Waals surface area (Å²) in [5.74, 6) is 1.21. The third kappa shape index (κ3) is 13.0. The average Bonchev–Trinajstić information content (AvgIpc) is 3.27. The molecule has 0 aliphatic rings. The summed E-state index contributed by atoms with van der Waals surface area (Å²) in [5, 5.41) is 24.3. The molecule has 0 bridgehead atoms. The van der Waals surface area contributed by atoms with Crippen molar-refractivity contribution in [3.8, 4) is 0 Å². The van der Waals surface area contributed by atoms with Crippen LogP contribution in [0.15, 0.2) is 99.6 Å². The Balaban J connectivity index is 1.28. The lowest BCUT2D eigenvalue weighted by molar-refractivity contribution is -0.432. The number of aromatic nitrogens is 6. The molecule has 65 heavy (non-hydrogen) atoms. The van der Waals surface area contributed by atoms with E-state index in [0.29, 0.717) is 48.7 Å². The van der Waals surface area contributed by atoms with E-state index in [1.165, 1.54) is 42.5 Å². The van der Waals surface area contributed by atoms with Crippen LogP contribution in [0.2, 0.25) is 0 Å².